The lowest BCUT2D eigenvalue weighted by Gasteiger charge is -2.40. The molecule has 0 saturated carbocycles. The van der Waals surface area contributed by atoms with Gasteiger partial charge in [0.05, 0.1) is 19.0 Å². The maximum Gasteiger partial charge on any atom is 0.229 e. The first-order valence-electron chi connectivity index (χ1n) is 8.62. The van der Waals surface area contributed by atoms with E-state index in [1.54, 1.807) is 9.80 Å². The highest BCUT2D eigenvalue weighted by atomic mass is 32.1. The van der Waals surface area contributed by atoms with E-state index in [4.69, 9.17) is 4.74 Å². The monoisotopic (exact) mass is 372 g/mol. The van der Waals surface area contributed by atoms with E-state index in [9.17, 15) is 9.59 Å². The number of carbonyl (C=O) groups excluding carboxylic acids is 2. The van der Waals surface area contributed by atoms with E-state index in [1.807, 2.05) is 38.1 Å². The molecule has 1 atom stereocenters. The Balaban J connectivity index is 1.31. The molecule has 2 aromatic rings. The van der Waals surface area contributed by atoms with Gasteiger partial charge in [0.2, 0.25) is 16.9 Å². The van der Waals surface area contributed by atoms with Crippen LogP contribution >= 0.6 is 11.3 Å². The lowest BCUT2D eigenvalue weighted by atomic mass is 10.0. The van der Waals surface area contributed by atoms with Crippen molar-refractivity contribution < 1.29 is 14.3 Å². The molecule has 136 valence electrons. The van der Waals surface area contributed by atoms with E-state index in [0.717, 1.165) is 16.3 Å². The van der Waals surface area contributed by atoms with E-state index in [-0.39, 0.29) is 30.3 Å². The van der Waals surface area contributed by atoms with Crippen molar-refractivity contribution in [3.8, 4) is 5.75 Å². The quantitative estimate of drug-likeness (QED) is 0.818. The summed E-state index contributed by atoms with van der Waals surface area (Å²) in [5.41, 5.74) is 1.14. The van der Waals surface area contributed by atoms with Crippen LogP contribution in [-0.4, -0.2) is 52.6 Å². The fourth-order valence-electron chi connectivity index (χ4n) is 3.29. The zero-order valence-electron chi connectivity index (χ0n) is 14.7. The zero-order valence-corrected chi connectivity index (χ0v) is 15.5. The molecule has 3 heterocycles. The molecule has 8 heteroatoms. The van der Waals surface area contributed by atoms with Crippen LogP contribution < -0.4 is 9.64 Å². The number of likely N-dealkylation sites (tertiary alicyclic amines) is 1. The molecular weight excluding hydrogens is 352 g/mol. The summed E-state index contributed by atoms with van der Waals surface area (Å²) in [5, 5.41) is 9.35. The highest BCUT2D eigenvalue weighted by Crippen LogP contribution is 2.30. The first-order valence-corrected chi connectivity index (χ1v) is 9.44. The van der Waals surface area contributed by atoms with Crippen molar-refractivity contribution in [3.63, 3.8) is 0 Å². The normalized spacial score (nSPS) is 20.4. The van der Waals surface area contributed by atoms with Crippen molar-refractivity contribution in [1.82, 2.24) is 15.1 Å². The maximum absolute atomic E-state index is 12.7. The van der Waals surface area contributed by atoms with Crippen LogP contribution in [0, 0.1) is 19.8 Å². The molecule has 7 nitrogen and oxygen atoms in total. The second-order valence-electron chi connectivity index (χ2n) is 6.81. The van der Waals surface area contributed by atoms with Crippen LogP contribution in [0.5, 0.6) is 5.75 Å². The second-order valence-corrected chi connectivity index (χ2v) is 7.97. The van der Waals surface area contributed by atoms with Crippen molar-refractivity contribution in [3.05, 3.63) is 34.8 Å². The Morgan fingerprint density at radius 3 is 2.73 bits per heavy atom. The topological polar surface area (TPSA) is 75.6 Å². The number of carbonyl (C=O) groups is 2. The third-order valence-electron chi connectivity index (χ3n) is 4.67. The molecule has 2 fully saturated rings. The number of amides is 2. The van der Waals surface area contributed by atoms with E-state index in [2.05, 4.69) is 10.2 Å². The maximum atomic E-state index is 12.7. The molecule has 1 unspecified atom stereocenters. The van der Waals surface area contributed by atoms with Crippen LogP contribution in [-0.2, 0) is 9.59 Å². The van der Waals surface area contributed by atoms with E-state index < -0.39 is 0 Å². The number of benzene rings is 1. The number of anilines is 1. The van der Waals surface area contributed by atoms with Crippen LogP contribution in [0.25, 0.3) is 0 Å². The summed E-state index contributed by atoms with van der Waals surface area (Å²) in [7, 11) is 0. The van der Waals surface area contributed by atoms with Crippen molar-refractivity contribution in [2.75, 3.05) is 24.5 Å². The fraction of sp³-hybridized carbons (Fsp3) is 0.444. The molecule has 0 spiro atoms. The number of aryl methyl sites for hydroxylation is 2. The van der Waals surface area contributed by atoms with Gasteiger partial charge in [0.15, 0.2) is 0 Å². The standard InChI is InChI=1S/C18H20N4O3S/c1-11-4-3-5-14(6-11)25-15-9-21(10-15)17(24)13-7-16(23)22(8-13)18-20-19-12(2)26-18/h3-6,13,15H,7-10H2,1-2H3. The Labute approximate surface area is 155 Å². The van der Waals surface area contributed by atoms with Gasteiger partial charge in [-0.15, -0.1) is 10.2 Å². The fourth-order valence-corrected chi connectivity index (χ4v) is 4.00. The number of ether oxygens (including phenoxy) is 1. The molecule has 1 aromatic heterocycles. The van der Waals surface area contributed by atoms with Crippen LogP contribution in [0.1, 0.15) is 17.0 Å². The van der Waals surface area contributed by atoms with Crippen LogP contribution in [0.2, 0.25) is 0 Å². The van der Waals surface area contributed by atoms with Gasteiger partial charge in [0, 0.05) is 13.0 Å². The van der Waals surface area contributed by atoms with Gasteiger partial charge in [-0.25, -0.2) is 0 Å². The number of hydrogen-bond acceptors (Lipinski definition) is 6. The lowest BCUT2D eigenvalue weighted by Crippen LogP contribution is -2.57. The predicted octanol–water partition coefficient (Wildman–Crippen LogP) is 1.80. The molecule has 4 rings (SSSR count). The summed E-state index contributed by atoms with van der Waals surface area (Å²) in [6.07, 6.45) is 0.247. The Bertz CT molecular complexity index is 846. The Morgan fingerprint density at radius 1 is 1.23 bits per heavy atom. The average molecular weight is 372 g/mol. The Hall–Kier alpha value is -2.48. The molecule has 0 aliphatic carbocycles. The summed E-state index contributed by atoms with van der Waals surface area (Å²) >= 11 is 1.37. The van der Waals surface area contributed by atoms with Gasteiger partial charge in [0.25, 0.3) is 0 Å². The van der Waals surface area contributed by atoms with Crippen LogP contribution in [0.4, 0.5) is 5.13 Å². The summed E-state index contributed by atoms with van der Waals surface area (Å²) in [5.74, 6) is 0.473. The van der Waals surface area contributed by atoms with Crippen molar-refractivity contribution >= 4 is 28.3 Å². The molecule has 2 amide bonds. The third kappa shape index (κ3) is 3.29. The minimum absolute atomic E-state index is 0.0137. The van der Waals surface area contributed by atoms with Crippen LogP contribution in [0.15, 0.2) is 24.3 Å². The average Bonchev–Trinajstić information content (AvgIpc) is 3.15. The number of rotatable bonds is 4. The molecule has 0 radical (unpaired) electrons. The van der Waals surface area contributed by atoms with Gasteiger partial charge in [0.1, 0.15) is 16.9 Å². The number of hydrogen-bond donors (Lipinski definition) is 0. The summed E-state index contributed by atoms with van der Waals surface area (Å²) < 4.78 is 5.90. The molecule has 26 heavy (non-hydrogen) atoms. The molecule has 2 aliphatic heterocycles. The number of aromatic nitrogens is 2. The van der Waals surface area contributed by atoms with Crippen molar-refractivity contribution in [2.24, 2.45) is 5.92 Å². The highest BCUT2D eigenvalue weighted by Gasteiger charge is 2.42. The minimum atomic E-state index is -0.313. The Morgan fingerprint density at radius 2 is 2.04 bits per heavy atom. The summed E-state index contributed by atoms with van der Waals surface area (Å²) in [6.45, 7) is 5.38. The molecule has 0 bridgehead atoms. The van der Waals surface area contributed by atoms with Crippen LogP contribution in [0.3, 0.4) is 0 Å². The predicted molar refractivity (Wildman–Crippen MR) is 97.3 cm³/mol. The second kappa shape index (κ2) is 6.68. The third-order valence-corrected chi connectivity index (χ3v) is 5.53. The smallest absolute Gasteiger partial charge is 0.229 e. The van der Waals surface area contributed by atoms with Crippen molar-refractivity contribution in [2.45, 2.75) is 26.4 Å². The summed E-state index contributed by atoms with van der Waals surface area (Å²) in [6, 6.07) is 7.89. The number of nitrogens with zero attached hydrogens (tertiary/aromatic N) is 4. The van der Waals surface area contributed by atoms with Gasteiger partial charge >= 0.3 is 0 Å². The van der Waals surface area contributed by atoms with E-state index in [0.29, 0.717) is 24.8 Å². The van der Waals surface area contributed by atoms with Gasteiger partial charge in [-0.1, -0.05) is 23.5 Å². The summed E-state index contributed by atoms with van der Waals surface area (Å²) in [4.78, 5) is 28.2. The van der Waals surface area contributed by atoms with Crippen molar-refractivity contribution in [1.29, 1.82) is 0 Å². The zero-order chi connectivity index (χ0) is 18.3. The molecular formula is C18H20N4O3S. The Kier molecular flexibility index (Phi) is 4.36. The SMILES string of the molecule is Cc1cccc(OC2CN(C(=O)C3CC(=O)N(c4nnc(C)s4)C3)C2)c1. The molecule has 1 aromatic carbocycles. The first kappa shape index (κ1) is 17.0. The van der Waals surface area contributed by atoms with E-state index >= 15 is 0 Å². The van der Waals surface area contributed by atoms with Gasteiger partial charge < -0.3 is 9.64 Å². The highest BCUT2D eigenvalue weighted by molar-refractivity contribution is 7.15. The van der Waals surface area contributed by atoms with Gasteiger partial charge in [-0.2, -0.15) is 0 Å². The molecule has 2 aliphatic rings. The molecule has 0 N–H and O–H groups in total. The van der Waals surface area contributed by atoms with Gasteiger partial charge in [-0.3, -0.25) is 14.5 Å². The minimum Gasteiger partial charge on any atom is -0.487 e. The van der Waals surface area contributed by atoms with Gasteiger partial charge in [-0.05, 0) is 31.5 Å². The molecule has 2 saturated heterocycles. The largest absolute Gasteiger partial charge is 0.487 e. The van der Waals surface area contributed by atoms with E-state index in [1.165, 1.54) is 11.3 Å². The first-order chi connectivity index (χ1) is 12.5. The lowest BCUT2D eigenvalue weighted by molar-refractivity contribution is -0.144.